The predicted molar refractivity (Wildman–Crippen MR) is 113 cm³/mol. The number of hydrogen-bond acceptors (Lipinski definition) is 5. The molecule has 7 heteroatoms. The zero-order valence-electron chi connectivity index (χ0n) is 16.4. The van der Waals surface area contributed by atoms with Crippen molar-refractivity contribution in [3.63, 3.8) is 0 Å². The highest BCUT2D eigenvalue weighted by molar-refractivity contribution is 5.93. The number of carbonyl (C=O) groups is 2. The number of ether oxygens (including phenoxy) is 1. The summed E-state index contributed by atoms with van der Waals surface area (Å²) < 4.78 is 5.34. The summed E-state index contributed by atoms with van der Waals surface area (Å²) in [5.41, 5.74) is 4.19. The van der Waals surface area contributed by atoms with Gasteiger partial charge in [-0.15, -0.1) is 6.58 Å². The number of nitrogens with zero attached hydrogens (tertiary/aromatic N) is 1. The van der Waals surface area contributed by atoms with Crippen LogP contribution in [0.5, 0.6) is 11.5 Å². The van der Waals surface area contributed by atoms with Crippen molar-refractivity contribution in [2.45, 2.75) is 26.2 Å². The van der Waals surface area contributed by atoms with E-state index in [2.05, 4.69) is 22.4 Å². The van der Waals surface area contributed by atoms with Gasteiger partial charge in [-0.1, -0.05) is 18.2 Å². The fourth-order valence-electron chi connectivity index (χ4n) is 2.52. The fourth-order valence-corrected chi connectivity index (χ4v) is 2.52. The second-order valence-corrected chi connectivity index (χ2v) is 6.15. The van der Waals surface area contributed by atoms with Crippen LogP contribution in [0.25, 0.3) is 0 Å². The third-order valence-corrected chi connectivity index (χ3v) is 3.94. The highest BCUT2D eigenvalue weighted by Gasteiger charge is 2.08. The van der Waals surface area contributed by atoms with Crippen LogP contribution in [0.3, 0.4) is 0 Å². The van der Waals surface area contributed by atoms with Crippen molar-refractivity contribution in [1.82, 2.24) is 5.43 Å². The fraction of sp³-hybridized carbons (Fsp3) is 0.227. The summed E-state index contributed by atoms with van der Waals surface area (Å²) in [5.74, 6) is 0.150. The Kier molecular flexibility index (Phi) is 8.44. The van der Waals surface area contributed by atoms with Gasteiger partial charge in [-0.2, -0.15) is 5.10 Å². The van der Waals surface area contributed by atoms with E-state index in [0.717, 1.165) is 11.3 Å². The first kappa shape index (κ1) is 21.7. The third-order valence-electron chi connectivity index (χ3n) is 3.94. The summed E-state index contributed by atoms with van der Waals surface area (Å²) in [6.07, 6.45) is 3.59. The Bertz CT molecular complexity index is 876. The molecule has 0 heterocycles. The number of hydrogen-bond donors (Lipinski definition) is 3. The number of amides is 2. The van der Waals surface area contributed by atoms with Gasteiger partial charge in [-0.25, -0.2) is 5.43 Å². The van der Waals surface area contributed by atoms with Crippen molar-refractivity contribution < 1.29 is 19.4 Å². The highest BCUT2D eigenvalue weighted by atomic mass is 16.5. The van der Waals surface area contributed by atoms with E-state index in [1.807, 2.05) is 6.92 Å². The molecular weight excluding hydrogens is 370 g/mol. The number of allylic oxidation sites excluding steroid dienone is 1. The molecule has 0 aliphatic rings. The van der Waals surface area contributed by atoms with Gasteiger partial charge >= 0.3 is 0 Å². The maximum Gasteiger partial charge on any atom is 0.240 e. The number of anilines is 1. The Balaban J connectivity index is 1.78. The molecule has 152 valence electrons. The lowest BCUT2D eigenvalue weighted by Gasteiger charge is -2.07. The van der Waals surface area contributed by atoms with Crippen LogP contribution in [0.2, 0.25) is 0 Å². The van der Waals surface area contributed by atoms with Crippen LogP contribution in [0.15, 0.2) is 60.2 Å². The lowest BCUT2D eigenvalue weighted by atomic mass is 10.1. The van der Waals surface area contributed by atoms with Gasteiger partial charge < -0.3 is 15.2 Å². The molecule has 0 aromatic heterocycles. The van der Waals surface area contributed by atoms with Crippen molar-refractivity contribution >= 4 is 23.7 Å². The number of phenolic OH excluding ortho intramolecular Hbond substituents is 1. The van der Waals surface area contributed by atoms with Gasteiger partial charge in [0.25, 0.3) is 0 Å². The minimum absolute atomic E-state index is 0.0112. The second-order valence-electron chi connectivity index (χ2n) is 6.15. The van der Waals surface area contributed by atoms with Gasteiger partial charge in [0.05, 0.1) is 12.8 Å². The van der Waals surface area contributed by atoms with Gasteiger partial charge in [0.15, 0.2) is 0 Å². The molecule has 0 aliphatic heterocycles. The van der Waals surface area contributed by atoms with Crippen LogP contribution in [-0.2, 0) is 16.0 Å². The third kappa shape index (κ3) is 7.14. The maximum atomic E-state index is 12.0. The van der Waals surface area contributed by atoms with Gasteiger partial charge in [0.2, 0.25) is 11.8 Å². The number of hydrazone groups is 1. The Morgan fingerprint density at radius 2 is 1.86 bits per heavy atom. The summed E-state index contributed by atoms with van der Waals surface area (Å²) in [4.78, 5) is 23.8. The van der Waals surface area contributed by atoms with Gasteiger partial charge in [-0.05, 0) is 49.2 Å². The summed E-state index contributed by atoms with van der Waals surface area (Å²) in [6.45, 7) is 6.11. The zero-order chi connectivity index (χ0) is 21.1. The first-order chi connectivity index (χ1) is 14.0. The number of benzene rings is 2. The summed E-state index contributed by atoms with van der Waals surface area (Å²) in [7, 11) is 0. The van der Waals surface area contributed by atoms with Crippen LogP contribution in [0.4, 0.5) is 5.69 Å². The molecule has 0 bridgehead atoms. The molecule has 0 spiro atoms. The molecule has 0 saturated heterocycles. The number of carbonyl (C=O) groups excluding carboxylic acids is 2. The summed E-state index contributed by atoms with van der Waals surface area (Å²) in [5, 5.41) is 16.7. The summed E-state index contributed by atoms with van der Waals surface area (Å²) in [6, 6.07) is 12.3. The van der Waals surface area contributed by atoms with Gasteiger partial charge in [0.1, 0.15) is 11.5 Å². The normalized spacial score (nSPS) is 10.5. The first-order valence-electron chi connectivity index (χ1n) is 9.29. The van der Waals surface area contributed by atoms with Crippen LogP contribution < -0.4 is 15.5 Å². The molecule has 2 amide bonds. The van der Waals surface area contributed by atoms with Crippen molar-refractivity contribution in [3.8, 4) is 11.5 Å². The Morgan fingerprint density at radius 3 is 2.55 bits per heavy atom. The molecule has 2 aromatic rings. The molecule has 2 rings (SSSR count). The van der Waals surface area contributed by atoms with E-state index in [-0.39, 0.29) is 24.5 Å². The molecule has 0 aliphatic carbocycles. The minimum Gasteiger partial charge on any atom is -0.507 e. The van der Waals surface area contributed by atoms with E-state index >= 15 is 0 Å². The molecule has 0 radical (unpaired) electrons. The minimum atomic E-state index is -0.398. The number of nitrogens with one attached hydrogen (secondary N) is 2. The molecule has 0 atom stereocenters. The maximum absolute atomic E-state index is 12.0. The van der Waals surface area contributed by atoms with E-state index in [1.54, 1.807) is 48.5 Å². The number of rotatable bonds is 10. The van der Waals surface area contributed by atoms with E-state index < -0.39 is 5.91 Å². The highest BCUT2D eigenvalue weighted by Crippen LogP contribution is 2.21. The zero-order valence-corrected chi connectivity index (χ0v) is 16.4. The average molecular weight is 395 g/mol. The predicted octanol–water partition coefficient (Wildman–Crippen LogP) is 3.39. The molecule has 0 fully saturated rings. The van der Waals surface area contributed by atoms with Crippen molar-refractivity contribution in [2.75, 3.05) is 11.9 Å². The Morgan fingerprint density at radius 1 is 1.14 bits per heavy atom. The van der Waals surface area contributed by atoms with Crippen LogP contribution in [0, 0.1) is 0 Å². The van der Waals surface area contributed by atoms with Crippen LogP contribution in [-0.4, -0.2) is 29.7 Å². The monoisotopic (exact) mass is 395 g/mol. The average Bonchev–Trinajstić information content (AvgIpc) is 2.71. The lowest BCUT2D eigenvalue weighted by Crippen LogP contribution is -2.20. The molecule has 0 unspecified atom stereocenters. The van der Waals surface area contributed by atoms with Gasteiger partial charge in [-0.3, -0.25) is 9.59 Å². The van der Waals surface area contributed by atoms with E-state index in [9.17, 15) is 14.7 Å². The SMILES string of the molecule is C=CCc1cccc(/C=N\NC(=O)CCC(=O)Nc2ccc(OCC)cc2)c1O. The largest absolute Gasteiger partial charge is 0.507 e. The quantitative estimate of drug-likeness (QED) is 0.326. The molecular formula is C22H25N3O4. The first-order valence-corrected chi connectivity index (χ1v) is 9.29. The Labute approximate surface area is 170 Å². The Hall–Kier alpha value is -3.61. The van der Waals surface area contributed by atoms with E-state index in [4.69, 9.17) is 4.74 Å². The summed E-state index contributed by atoms with van der Waals surface area (Å²) >= 11 is 0. The number of para-hydroxylation sites is 1. The van der Waals surface area contributed by atoms with E-state index in [1.165, 1.54) is 6.21 Å². The second kappa shape index (κ2) is 11.3. The molecule has 3 N–H and O–H groups in total. The molecule has 7 nitrogen and oxygen atoms in total. The van der Waals surface area contributed by atoms with Crippen molar-refractivity contribution in [1.29, 1.82) is 0 Å². The standard InChI is InChI=1S/C22H25N3O4/c1-3-6-16-7-5-8-17(22(16)28)15-23-25-21(27)14-13-20(26)24-18-9-11-19(12-10-18)29-4-2/h3,5,7-12,15,28H,1,4,6,13-14H2,2H3,(H,24,26)(H,25,27)/b23-15-. The smallest absolute Gasteiger partial charge is 0.240 e. The van der Waals surface area contributed by atoms with Crippen LogP contribution in [0.1, 0.15) is 30.9 Å². The molecule has 29 heavy (non-hydrogen) atoms. The topological polar surface area (TPSA) is 100 Å². The van der Waals surface area contributed by atoms with E-state index in [0.29, 0.717) is 24.3 Å². The lowest BCUT2D eigenvalue weighted by molar-refractivity contribution is -0.124. The van der Waals surface area contributed by atoms with Crippen molar-refractivity contribution in [2.24, 2.45) is 5.10 Å². The molecule has 2 aromatic carbocycles. The van der Waals surface area contributed by atoms with Crippen LogP contribution >= 0.6 is 0 Å². The van der Waals surface area contributed by atoms with Gasteiger partial charge in [0, 0.05) is 24.1 Å². The number of phenols is 1. The number of aromatic hydroxyl groups is 1. The van der Waals surface area contributed by atoms with Crippen molar-refractivity contribution in [3.05, 3.63) is 66.2 Å². The molecule has 0 saturated carbocycles.